The highest BCUT2D eigenvalue weighted by Crippen LogP contribution is 2.28. The van der Waals surface area contributed by atoms with Gasteiger partial charge in [-0.05, 0) is 57.6 Å². The first-order valence-electron chi connectivity index (χ1n) is 9.53. The van der Waals surface area contributed by atoms with Crippen molar-refractivity contribution in [1.29, 1.82) is 0 Å². The van der Waals surface area contributed by atoms with E-state index in [1.165, 1.54) is 16.7 Å². The zero-order valence-electron chi connectivity index (χ0n) is 15.6. The van der Waals surface area contributed by atoms with E-state index in [0.29, 0.717) is 18.0 Å². The van der Waals surface area contributed by atoms with Gasteiger partial charge in [0.05, 0.1) is 12.5 Å². The number of nitrogens with zero attached hydrogens (tertiary/aromatic N) is 1. The van der Waals surface area contributed by atoms with Crippen LogP contribution in [0, 0.1) is 0 Å². The molecule has 1 aliphatic heterocycles. The van der Waals surface area contributed by atoms with Crippen LogP contribution >= 0.6 is 22.9 Å². The summed E-state index contributed by atoms with van der Waals surface area (Å²) in [5.41, 5.74) is 5.08. The Kier molecular flexibility index (Phi) is 6.10. The summed E-state index contributed by atoms with van der Waals surface area (Å²) in [6.45, 7) is 2.54. The highest BCUT2D eigenvalue weighted by Gasteiger charge is 2.25. The Balaban J connectivity index is 1.43. The topological polar surface area (TPSA) is 32.3 Å². The SMILES string of the molecule is O=C(Cc1ccc(Cl)cc1)NC[C@@H](c1ccsc1)N1CCc2ccccc2C1. The summed E-state index contributed by atoms with van der Waals surface area (Å²) in [6.07, 6.45) is 1.42. The second-order valence-electron chi connectivity index (χ2n) is 7.17. The van der Waals surface area contributed by atoms with Gasteiger partial charge in [0.25, 0.3) is 0 Å². The second-order valence-corrected chi connectivity index (χ2v) is 8.39. The van der Waals surface area contributed by atoms with E-state index < -0.39 is 0 Å². The number of nitrogens with one attached hydrogen (secondary N) is 1. The molecule has 3 nitrogen and oxygen atoms in total. The van der Waals surface area contributed by atoms with Gasteiger partial charge >= 0.3 is 0 Å². The van der Waals surface area contributed by atoms with E-state index in [0.717, 1.165) is 25.1 Å². The lowest BCUT2D eigenvalue weighted by Crippen LogP contribution is -2.40. The summed E-state index contributed by atoms with van der Waals surface area (Å²) in [6, 6.07) is 18.5. The molecule has 0 unspecified atom stereocenters. The molecule has 0 fully saturated rings. The van der Waals surface area contributed by atoms with E-state index in [-0.39, 0.29) is 11.9 Å². The zero-order valence-corrected chi connectivity index (χ0v) is 17.2. The Bertz CT molecular complexity index is 924. The molecule has 1 aromatic heterocycles. The van der Waals surface area contributed by atoms with Crippen LogP contribution in [0.2, 0.25) is 5.02 Å². The molecule has 0 aliphatic carbocycles. The number of halogens is 1. The fraction of sp³-hybridized carbons (Fsp3) is 0.261. The molecule has 0 saturated carbocycles. The zero-order chi connectivity index (χ0) is 19.3. The molecule has 5 heteroatoms. The molecule has 0 radical (unpaired) electrons. The maximum absolute atomic E-state index is 12.5. The summed E-state index contributed by atoms with van der Waals surface area (Å²) in [5, 5.41) is 8.13. The summed E-state index contributed by atoms with van der Waals surface area (Å²) in [5.74, 6) is 0.0416. The molecule has 1 aliphatic rings. The summed E-state index contributed by atoms with van der Waals surface area (Å²) in [4.78, 5) is 15.0. The summed E-state index contributed by atoms with van der Waals surface area (Å²) >= 11 is 7.63. The van der Waals surface area contributed by atoms with Crippen LogP contribution in [0.1, 0.15) is 28.3 Å². The van der Waals surface area contributed by atoms with Crippen LogP contribution in [0.4, 0.5) is 0 Å². The Hall–Kier alpha value is -2.14. The highest BCUT2D eigenvalue weighted by atomic mass is 35.5. The monoisotopic (exact) mass is 410 g/mol. The molecule has 0 spiro atoms. The van der Waals surface area contributed by atoms with Crippen LogP contribution in [0.3, 0.4) is 0 Å². The van der Waals surface area contributed by atoms with Crippen LogP contribution in [0.15, 0.2) is 65.4 Å². The van der Waals surface area contributed by atoms with E-state index in [2.05, 4.69) is 51.3 Å². The van der Waals surface area contributed by atoms with Gasteiger partial charge in [-0.3, -0.25) is 9.69 Å². The summed E-state index contributed by atoms with van der Waals surface area (Å²) in [7, 11) is 0. The third-order valence-electron chi connectivity index (χ3n) is 5.30. The normalized spacial score (nSPS) is 15.0. The maximum Gasteiger partial charge on any atom is 0.224 e. The smallest absolute Gasteiger partial charge is 0.224 e. The standard InChI is InChI=1S/C23H23ClN2OS/c24-21-7-5-17(6-8-21)13-23(27)25-14-22(20-10-12-28-16-20)26-11-9-18-3-1-2-4-19(18)15-26/h1-8,10,12,16,22H,9,11,13-15H2,(H,25,27)/t22-/m0/s1. The van der Waals surface area contributed by atoms with Gasteiger partial charge in [0.2, 0.25) is 5.91 Å². The fourth-order valence-electron chi connectivity index (χ4n) is 3.77. The van der Waals surface area contributed by atoms with Gasteiger partial charge < -0.3 is 5.32 Å². The van der Waals surface area contributed by atoms with Crippen LogP contribution < -0.4 is 5.32 Å². The van der Waals surface area contributed by atoms with E-state index in [9.17, 15) is 4.79 Å². The Morgan fingerprint density at radius 2 is 1.89 bits per heavy atom. The lowest BCUT2D eigenvalue weighted by Gasteiger charge is -2.35. The van der Waals surface area contributed by atoms with Gasteiger partial charge in [0, 0.05) is 24.7 Å². The maximum atomic E-state index is 12.5. The van der Waals surface area contributed by atoms with E-state index in [1.54, 1.807) is 11.3 Å². The Morgan fingerprint density at radius 1 is 1.11 bits per heavy atom. The Morgan fingerprint density at radius 3 is 2.64 bits per heavy atom. The van der Waals surface area contributed by atoms with Gasteiger partial charge in [-0.2, -0.15) is 11.3 Å². The number of carbonyl (C=O) groups is 1. The van der Waals surface area contributed by atoms with Gasteiger partial charge in [0.1, 0.15) is 0 Å². The van der Waals surface area contributed by atoms with E-state index >= 15 is 0 Å². The van der Waals surface area contributed by atoms with Crippen LogP contribution in [0.25, 0.3) is 0 Å². The molecule has 1 amide bonds. The lowest BCUT2D eigenvalue weighted by atomic mass is 9.97. The van der Waals surface area contributed by atoms with E-state index in [4.69, 9.17) is 11.6 Å². The molecule has 2 heterocycles. The number of amides is 1. The second kappa shape index (κ2) is 8.91. The predicted octanol–water partition coefficient (Wildman–Crippen LogP) is 4.86. The minimum Gasteiger partial charge on any atom is -0.354 e. The molecular weight excluding hydrogens is 388 g/mol. The van der Waals surface area contributed by atoms with Crippen molar-refractivity contribution in [2.24, 2.45) is 0 Å². The highest BCUT2D eigenvalue weighted by molar-refractivity contribution is 7.08. The van der Waals surface area contributed by atoms with Gasteiger partial charge in [0.15, 0.2) is 0 Å². The number of hydrogen-bond donors (Lipinski definition) is 1. The van der Waals surface area contributed by atoms with E-state index in [1.807, 2.05) is 24.3 Å². The molecule has 0 bridgehead atoms. The molecule has 0 saturated heterocycles. The Labute approximate surface area is 175 Å². The molecule has 3 aromatic rings. The van der Waals surface area contributed by atoms with Crippen molar-refractivity contribution >= 4 is 28.8 Å². The average Bonchev–Trinajstić information content (AvgIpc) is 3.24. The molecule has 1 N–H and O–H groups in total. The molecule has 1 atom stereocenters. The molecule has 28 heavy (non-hydrogen) atoms. The predicted molar refractivity (Wildman–Crippen MR) is 116 cm³/mol. The van der Waals surface area contributed by atoms with Crippen molar-refractivity contribution in [2.45, 2.75) is 25.4 Å². The van der Waals surface area contributed by atoms with Crippen LogP contribution in [-0.4, -0.2) is 23.9 Å². The largest absolute Gasteiger partial charge is 0.354 e. The minimum absolute atomic E-state index is 0.0416. The molecular formula is C23H23ClN2OS. The van der Waals surface area contributed by atoms with Crippen molar-refractivity contribution in [1.82, 2.24) is 10.2 Å². The van der Waals surface area contributed by atoms with Crippen molar-refractivity contribution < 1.29 is 4.79 Å². The number of fused-ring (bicyclic) bond motifs is 1. The van der Waals surface area contributed by atoms with Crippen LogP contribution in [0.5, 0.6) is 0 Å². The van der Waals surface area contributed by atoms with Crippen molar-refractivity contribution in [3.8, 4) is 0 Å². The minimum atomic E-state index is 0.0416. The summed E-state index contributed by atoms with van der Waals surface area (Å²) < 4.78 is 0. The first-order chi connectivity index (χ1) is 13.7. The molecule has 4 rings (SSSR count). The average molecular weight is 411 g/mol. The fourth-order valence-corrected chi connectivity index (χ4v) is 4.60. The number of rotatable bonds is 6. The van der Waals surface area contributed by atoms with Crippen molar-refractivity contribution in [3.63, 3.8) is 0 Å². The lowest BCUT2D eigenvalue weighted by molar-refractivity contribution is -0.120. The first kappa shape index (κ1) is 19.2. The third-order valence-corrected chi connectivity index (χ3v) is 6.25. The molecule has 144 valence electrons. The quantitative estimate of drug-likeness (QED) is 0.629. The number of thiophene rings is 1. The number of benzene rings is 2. The van der Waals surface area contributed by atoms with Crippen molar-refractivity contribution in [3.05, 3.63) is 92.6 Å². The van der Waals surface area contributed by atoms with Gasteiger partial charge in [-0.1, -0.05) is 48.0 Å². The first-order valence-corrected chi connectivity index (χ1v) is 10.9. The number of carbonyl (C=O) groups excluding carboxylic acids is 1. The third kappa shape index (κ3) is 4.64. The van der Waals surface area contributed by atoms with Crippen molar-refractivity contribution in [2.75, 3.05) is 13.1 Å². The van der Waals surface area contributed by atoms with Gasteiger partial charge in [-0.15, -0.1) is 0 Å². The number of hydrogen-bond acceptors (Lipinski definition) is 3. The van der Waals surface area contributed by atoms with Crippen LogP contribution in [-0.2, 0) is 24.2 Å². The van der Waals surface area contributed by atoms with Gasteiger partial charge in [-0.25, -0.2) is 0 Å². The molecule has 2 aromatic carbocycles.